The van der Waals surface area contributed by atoms with Crippen LogP contribution in [-0.4, -0.2) is 128 Å². The highest BCUT2D eigenvalue weighted by molar-refractivity contribution is 6.06. The Bertz CT molecular complexity index is 2720. The Morgan fingerprint density at radius 3 is 2.24 bits per heavy atom. The van der Waals surface area contributed by atoms with E-state index in [-0.39, 0.29) is 80.7 Å². The number of guanidine groups is 1. The average molecular weight is 983 g/mol. The first-order valence-electron chi connectivity index (χ1n) is 23.3. The molecule has 0 saturated carbocycles. The molecule has 1 aromatic carbocycles. The van der Waals surface area contributed by atoms with E-state index < -0.39 is 90.1 Å². The third-order valence-electron chi connectivity index (χ3n) is 12.2. The van der Waals surface area contributed by atoms with Crippen LogP contribution in [0.5, 0.6) is 0 Å². The van der Waals surface area contributed by atoms with Crippen molar-refractivity contribution >= 4 is 75.7 Å². The van der Waals surface area contributed by atoms with Crippen LogP contribution in [0.1, 0.15) is 90.5 Å². The second kappa shape index (κ2) is 22.6. The Morgan fingerprint density at radius 2 is 1.59 bits per heavy atom. The van der Waals surface area contributed by atoms with Gasteiger partial charge in [-0.05, 0) is 82.1 Å². The van der Waals surface area contributed by atoms with Crippen molar-refractivity contribution in [3.63, 3.8) is 0 Å². The number of H-pyrrole nitrogens is 1. The topological polar surface area (TPSA) is 368 Å². The van der Waals surface area contributed by atoms with Gasteiger partial charge in [0.05, 0.1) is 12.2 Å². The standard InChI is InChI=1S/C47H62N14O10/c1-21(2)14-31-43(67)59-37(23(5)6)44(68)58-32-17-27-26-10-9-24(36(22(3)4)38(45(69)57-31)60-41(65)29-11-12-34(62)53-29)15-30(26)55-39(27)61-19-25(52-20-61)16-33(46(70)71)54-35(63)18-51-40(64)28(56-42(32)66)8-7-13-50-47(48)49/h9-10,15,19-21,28-29,31-33,38,55H,7-8,11-14,16-18H2,1-6H3,(H,51,64)(H,53,62)(H,54,63)(H,56,66)(H,57,69)(H,58,68)(H,59,67)(H,60,65)(H,70,71)(H4,48,49,50). The fourth-order valence-corrected chi connectivity index (χ4v) is 8.70. The van der Waals surface area contributed by atoms with Gasteiger partial charge in [0.2, 0.25) is 41.4 Å². The highest BCUT2D eigenvalue weighted by Crippen LogP contribution is 2.32. The predicted octanol–water partition coefficient (Wildman–Crippen LogP) is -1.33. The molecule has 4 aliphatic heterocycles. The number of hydrogen-bond acceptors (Lipinski definition) is 11. The van der Waals surface area contributed by atoms with E-state index in [1.807, 2.05) is 13.8 Å². The minimum atomic E-state index is -1.48. The molecule has 4 aliphatic rings. The van der Waals surface area contributed by atoms with Crippen molar-refractivity contribution in [2.24, 2.45) is 22.4 Å². The molecular weight excluding hydrogens is 921 g/mol. The van der Waals surface area contributed by atoms with Gasteiger partial charge in [0, 0.05) is 48.5 Å². The molecule has 0 radical (unpaired) electrons. The molecular formula is C47H62N14O10. The number of nitrogens with one attached hydrogen (secondary N) is 9. The summed E-state index contributed by atoms with van der Waals surface area (Å²) in [6, 6.07) is -2.69. The number of carbonyl (C=O) groups excluding carboxylic acids is 8. The zero-order valence-electron chi connectivity index (χ0n) is 40.4. The smallest absolute Gasteiger partial charge is 0.326 e. The van der Waals surface area contributed by atoms with E-state index in [1.165, 1.54) is 12.5 Å². The SMILES string of the molecule is CC(C)=C1NC(=O)C(CC(C)C)NC(=O)C(NC(=O)C2CCC(=O)N2)C(=C(C)C)c2ccc3c4c([nH]c3c2)-n2cnc(c2)CC(C(=O)O)NC(=O)CNC(=O)C(CCCN=C(N)N)NC(=O)C(C4)NC1=O. The van der Waals surface area contributed by atoms with Crippen molar-refractivity contribution in [3.05, 3.63) is 64.4 Å². The first-order valence-corrected chi connectivity index (χ1v) is 23.3. The summed E-state index contributed by atoms with van der Waals surface area (Å²) < 4.78 is 1.56. The summed E-state index contributed by atoms with van der Waals surface area (Å²) in [5, 5.41) is 32.0. The van der Waals surface area contributed by atoms with Crippen molar-refractivity contribution in [1.29, 1.82) is 0 Å². The number of fused-ring (bicyclic) bond motifs is 13. The van der Waals surface area contributed by atoms with Gasteiger partial charge >= 0.3 is 5.97 Å². The highest BCUT2D eigenvalue weighted by Gasteiger charge is 2.37. The van der Waals surface area contributed by atoms with E-state index >= 15 is 0 Å². The lowest BCUT2D eigenvalue weighted by atomic mass is 9.91. The molecule has 6 unspecified atom stereocenters. The van der Waals surface area contributed by atoms with Crippen LogP contribution in [0.4, 0.5) is 0 Å². The van der Waals surface area contributed by atoms with Crippen molar-refractivity contribution in [2.75, 3.05) is 13.1 Å². The van der Waals surface area contributed by atoms with Crippen molar-refractivity contribution < 1.29 is 48.3 Å². The Hall–Kier alpha value is -8.05. The minimum absolute atomic E-state index is 0.0469. The monoisotopic (exact) mass is 982 g/mol. The molecule has 0 aliphatic carbocycles. The molecule has 8 amide bonds. The molecule has 6 atom stereocenters. The summed E-state index contributed by atoms with van der Waals surface area (Å²) in [4.78, 5) is 136. The summed E-state index contributed by atoms with van der Waals surface area (Å²) in [6.07, 6.45) is 2.95. The number of amides is 8. The molecule has 71 heavy (non-hydrogen) atoms. The fourth-order valence-electron chi connectivity index (χ4n) is 8.70. The number of benzene rings is 1. The first-order chi connectivity index (χ1) is 33.6. The van der Waals surface area contributed by atoms with Crippen molar-refractivity contribution in [3.8, 4) is 5.82 Å². The van der Waals surface area contributed by atoms with E-state index in [4.69, 9.17) is 11.5 Å². The third-order valence-corrected chi connectivity index (χ3v) is 12.2. The minimum Gasteiger partial charge on any atom is -0.480 e. The van der Waals surface area contributed by atoms with Crippen LogP contribution >= 0.6 is 0 Å². The van der Waals surface area contributed by atoms with Gasteiger partial charge in [0.1, 0.15) is 54.1 Å². The van der Waals surface area contributed by atoms with Crippen LogP contribution in [0.3, 0.4) is 0 Å². The van der Waals surface area contributed by atoms with Gasteiger partial charge in [-0.15, -0.1) is 0 Å². The second-order valence-corrected chi connectivity index (χ2v) is 18.7. The number of allylic oxidation sites excluding steroid dienone is 2. The number of carboxylic acid groups (broad SMARTS) is 1. The molecule has 380 valence electrons. The van der Waals surface area contributed by atoms with Crippen molar-refractivity contribution in [2.45, 2.75) is 123 Å². The fraction of sp³-hybridized carbons (Fsp3) is 0.468. The van der Waals surface area contributed by atoms with Gasteiger partial charge < -0.3 is 64.1 Å². The second-order valence-electron chi connectivity index (χ2n) is 18.7. The molecule has 3 aromatic rings. The Balaban J connectivity index is 1.58. The maximum Gasteiger partial charge on any atom is 0.326 e. The number of aliphatic carboxylic acids is 1. The normalized spacial score (nSPS) is 22.7. The Labute approximate surface area is 408 Å². The third kappa shape index (κ3) is 13.0. The van der Waals surface area contributed by atoms with E-state index in [2.05, 4.69) is 57.5 Å². The Kier molecular flexibility index (Phi) is 16.6. The van der Waals surface area contributed by atoms with Gasteiger partial charge in [-0.25, -0.2) is 9.78 Å². The van der Waals surface area contributed by atoms with E-state index in [0.29, 0.717) is 44.6 Å². The van der Waals surface area contributed by atoms with Crippen LogP contribution in [0.15, 0.2) is 52.6 Å². The molecule has 6 heterocycles. The van der Waals surface area contributed by atoms with Gasteiger partial charge in [0.25, 0.3) is 5.91 Å². The maximum absolute atomic E-state index is 14.8. The van der Waals surface area contributed by atoms with Gasteiger partial charge in [0.15, 0.2) is 5.96 Å². The van der Waals surface area contributed by atoms with Gasteiger partial charge in [-0.1, -0.05) is 31.6 Å². The average Bonchev–Trinajstić information content (AvgIpc) is 4.04. The summed E-state index contributed by atoms with van der Waals surface area (Å²) in [7, 11) is 0. The molecule has 0 spiro atoms. The molecule has 7 bridgehead atoms. The number of carboxylic acids is 1. The predicted molar refractivity (Wildman–Crippen MR) is 258 cm³/mol. The maximum atomic E-state index is 14.8. The van der Waals surface area contributed by atoms with E-state index in [9.17, 15) is 48.3 Å². The lowest BCUT2D eigenvalue weighted by Gasteiger charge is -2.28. The number of aromatic nitrogens is 3. The van der Waals surface area contributed by atoms with Crippen LogP contribution in [0, 0.1) is 5.92 Å². The van der Waals surface area contributed by atoms with Crippen LogP contribution < -0.4 is 54.0 Å². The number of imidazole rings is 1. The number of carbonyl (C=O) groups is 9. The lowest BCUT2D eigenvalue weighted by molar-refractivity contribution is -0.141. The number of nitrogens with zero attached hydrogens (tertiary/aromatic N) is 3. The molecule has 24 heteroatoms. The zero-order valence-corrected chi connectivity index (χ0v) is 40.4. The van der Waals surface area contributed by atoms with Crippen LogP contribution in [0.2, 0.25) is 0 Å². The first kappa shape index (κ1) is 52.3. The van der Waals surface area contributed by atoms with Crippen LogP contribution in [0.25, 0.3) is 22.3 Å². The molecule has 24 nitrogen and oxygen atoms in total. The van der Waals surface area contributed by atoms with Crippen molar-refractivity contribution in [1.82, 2.24) is 57.1 Å². The summed E-state index contributed by atoms with van der Waals surface area (Å²) in [5.41, 5.74) is 13.7. The summed E-state index contributed by atoms with van der Waals surface area (Å²) >= 11 is 0. The molecule has 1 fully saturated rings. The Morgan fingerprint density at radius 1 is 0.873 bits per heavy atom. The summed E-state index contributed by atoms with van der Waals surface area (Å²) in [5.74, 6) is -7.25. The number of aromatic amines is 1. The summed E-state index contributed by atoms with van der Waals surface area (Å²) in [6.45, 7) is 9.73. The molecule has 7 rings (SSSR count). The van der Waals surface area contributed by atoms with Gasteiger partial charge in [-0.2, -0.15) is 0 Å². The van der Waals surface area contributed by atoms with E-state index in [1.54, 1.807) is 50.5 Å². The number of nitrogens with two attached hydrogens (primary N) is 2. The van der Waals surface area contributed by atoms with E-state index in [0.717, 1.165) is 0 Å². The number of hydrogen-bond donors (Lipinski definition) is 12. The molecule has 1 saturated heterocycles. The lowest BCUT2D eigenvalue weighted by Crippen LogP contribution is -2.57. The number of rotatable bonds is 9. The zero-order chi connectivity index (χ0) is 51.8. The highest BCUT2D eigenvalue weighted by atomic mass is 16.4. The molecule has 14 N–H and O–H groups in total. The van der Waals surface area contributed by atoms with Gasteiger partial charge in [-0.3, -0.25) is 47.9 Å². The quantitative estimate of drug-likeness (QED) is 0.0390. The number of aliphatic imine (C=N–C) groups is 1. The van der Waals surface area contributed by atoms with Crippen LogP contribution in [-0.2, 0) is 56.0 Å². The largest absolute Gasteiger partial charge is 0.480 e. The molecule has 2 aromatic heterocycles.